The topological polar surface area (TPSA) is 61.6 Å². The van der Waals surface area contributed by atoms with Gasteiger partial charge in [-0.3, -0.25) is 9.69 Å². The van der Waals surface area contributed by atoms with Gasteiger partial charge < -0.3 is 16.0 Å². The molecule has 0 aliphatic carbocycles. The highest BCUT2D eigenvalue weighted by molar-refractivity contribution is 5.72. The zero-order chi connectivity index (χ0) is 19.2. The van der Waals surface area contributed by atoms with Crippen molar-refractivity contribution in [2.45, 2.75) is 19.9 Å². The summed E-state index contributed by atoms with van der Waals surface area (Å²) in [6.45, 7) is 6.77. The van der Waals surface area contributed by atoms with Crippen LogP contribution in [0.4, 0.5) is 15.8 Å². The minimum atomic E-state index is -0.296. The van der Waals surface area contributed by atoms with Crippen LogP contribution in [0, 0.1) is 5.82 Å². The predicted molar refractivity (Wildman–Crippen MR) is 107 cm³/mol. The first-order chi connectivity index (χ1) is 13.0. The molecule has 0 aromatic heterocycles. The number of nitrogens with one attached hydrogen (secondary N) is 1. The van der Waals surface area contributed by atoms with Crippen LogP contribution in [0.3, 0.4) is 0 Å². The highest BCUT2D eigenvalue weighted by Crippen LogP contribution is 2.25. The molecule has 0 saturated carbocycles. The molecule has 2 aromatic carbocycles. The summed E-state index contributed by atoms with van der Waals surface area (Å²) < 4.78 is 13.2. The number of benzene rings is 2. The van der Waals surface area contributed by atoms with E-state index in [1.54, 1.807) is 6.07 Å². The van der Waals surface area contributed by atoms with Crippen molar-refractivity contribution in [3.8, 4) is 0 Å². The minimum absolute atomic E-state index is 0.00755. The molecule has 0 spiro atoms. The molecule has 0 atom stereocenters. The summed E-state index contributed by atoms with van der Waals surface area (Å²) in [5.74, 6) is -0.288. The number of amides is 1. The van der Waals surface area contributed by atoms with Crippen molar-refractivity contribution < 1.29 is 9.18 Å². The van der Waals surface area contributed by atoms with Crippen LogP contribution in [-0.2, 0) is 17.8 Å². The monoisotopic (exact) mass is 370 g/mol. The Hall–Kier alpha value is -2.60. The van der Waals surface area contributed by atoms with Crippen molar-refractivity contribution in [1.82, 2.24) is 10.2 Å². The first-order valence-electron chi connectivity index (χ1n) is 9.36. The van der Waals surface area contributed by atoms with Crippen LogP contribution >= 0.6 is 0 Å². The first kappa shape index (κ1) is 19.2. The fraction of sp³-hybridized carbons (Fsp3) is 0.381. The molecule has 1 fully saturated rings. The third-order valence-electron chi connectivity index (χ3n) is 4.92. The normalized spacial score (nSPS) is 15.0. The van der Waals surface area contributed by atoms with E-state index in [1.165, 1.54) is 30.2 Å². The lowest BCUT2D eigenvalue weighted by atomic mass is 10.1. The number of rotatable bonds is 6. The Bertz CT molecular complexity index is 770. The summed E-state index contributed by atoms with van der Waals surface area (Å²) in [4.78, 5) is 15.6. The molecule has 27 heavy (non-hydrogen) atoms. The molecule has 144 valence electrons. The summed E-state index contributed by atoms with van der Waals surface area (Å²) in [6.07, 6.45) is 0.845. The van der Waals surface area contributed by atoms with Gasteiger partial charge in [-0.25, -0.2) is 4.39 Å². The van der Waals surface area contributed by atoms with E-state index >= 15 is 0 Å². The van der Waals surface area contributed by atoms with Crippen LogP contribution in [0.2, 0.25) is 0 Å². The molecule has 0 radical (unpaired) electrons. The Labute approximate surface area is 160 Å². The van der Waals surface area contributed by atoms with Gasteiger partial charge in [-0.1, -0.05) is 24.3 Å². The molecule has 1 aliphatic rings. The number of nitrogens with two attached hydrogens (primary N) is 1. The Kier molecular flexibility index (Phi) is 6.29. The smallest absolute Gasteiger partial charge is 0.216 e. The van der Waals surface area contributed by atoms with Crippen molar-refractivity contribution in [1.29, 1.82) is 0 Å². The molecule has 1 heterocycles. The van der Waals surface area contributed by atoms with Gasteiger partial charge in [-0.05, 0) is 35.7 Å². The van der Waals surface area contributed by atoms with Gasteiger partial charge in [0.05, 0.1) is 11.4 Å². The fourth-order valence-electron chi connectivity index (χ4n) is 3.41. The van der Waals surface area contributed by atoms with Gasteiger partial charge in [0.25, 0.3) is 0 Å². The molecule has 6 heteroatoms. The van der Waals surface area contributed by atoms with E-state index in [0.29, 0.717) is 12.2 Å². The Morgan fingerprint density at radius 2 is 1.74 bits per heavy atom. The second-order valence-electron chi connectivity index (χ2n) is 7.02. The maximum Gasteiger partial charge on any atom is 0.216 e. The zero-order valence-electron chi connectivity index (χ0n) is 15.7. The number of nitrogens with zero attached hydrogens (tertiary/aromatic N) is 2. The molecular formula is C21H27FN4O. The van der Waals surface area contributed by atoms with Gasteiger partial charge >= 0.3 is 0 Å². The Balaban J connectivity index is 1.48. The van der Waals surface area contributed by atoms with Crippen LogP contribution < -0.4 is 16.0 Å². The van der Waals surface area contributed by atoms with Crippen LogP contribution in [0.1, 0.15) is 18.1 Å². The lowest BCUT2D eigenvalue weighted by molar-refractivity contribution is -0.118. The highest BCUT2D eigenvalue weighted by Gasteiger charge is 2.19. The number of anilines is 2. The van der Waals surface area contributed by atoms with Crippen LogP contribution in [0.15, 0.2) is 42.5 Å². The average Bonchev–Trinajstić information content (AvgIpc) is 2.64. The van der Waals surface area contributed by atoms with Gasteiger partial charge in [-0.15, -0.1) is 0 Å². The minimum Gasteiger partial charge on any atom is -0.397 e. The molecule has 3 N–H and O–H groups in total. The van der Waals surface area contributed by atoms with Gasteiger partial charge in [0.2, 0.25) is 5.91 Å². The fourth-order valence-corrected chi connectivity index (χ4v) is 3.41. The predicted octanol–water partition coefficient (Wildman–Crippen LogP) is 2.41. The van der Waals surface area contributed by atoms with Crippen molar-refractivity contribution in [2.75, 3.05) is 43.4 Å². The van der Waals surface area contributed by atoms with Crippen molar-refractivity contribution >= 4 is 17.3 Å². The van der Waals surface area contributed by atoms with Gasteiger partial charge in [0.15, 0.2) is 0 Å². The largest absolute Gasteiger partial charge is 0.397 e. The maximum atomic E-state index is 13.2. The summed E-state index contributed by atoms with van der Waals surface area (Å²) in [7, 11) is 0. The van der Waals surface area contributed by atoms with Gasteiger partial charge in [-0.2, -0.15) is 0 Å². The van der Waals surface area contributed by atoms with Crippen molar-refractivity contribution in [3.63, 3.8) is 0 Å². The lowest BCUT2D eigenvalue weighted by Crippen LogP contribution is -2.46. The molecule has 1 amide bonds. The van der Waals surface area contributed by atoms with Crippen molar-refractivity contribution in [3.05, 3.63) is 59.4 Å². The SMILES string of the molecule is CC(=O)NCCc1ccc(CN2CCN(c3ccc(F)cc3N)CC2)cc1. The van der Waals surface area contributed by atoms with Gasteiger partial charge in [0, 0.05) is 46.2 Å². The lowest BCUT2D eigenvalue weighted by Gasteiger charge is -2.36. The van der Waals surface area contributed by atoms with Crippen LogP contribution in [0.25, 0.3) is 0 Å². The van der Waals surface area contributed by atoms with E-state index in [2.05, 4.69) is 39.4 Å². The second kappa shape index (κ2) is 8.86. The summed E-state index contributed by atoms with van der Waals surface area (Å²) >= 11 is 0. The number of piperazine rings is 1. The Morgan fingerprint density at radius 3 is 2.37 bits per heavy atom. The number of carbonyl (C=O) groups excluding carboxylic acids is 1. The number of hydrogen-bond donors (Lipinski definition) is 2. The van der Waals surface area contributed by atoms with Gasteiger partial charge in [0.1, 0.15) is 5.82 Å². The van der Waals surface area contributed by atoms with E-state index in [4.69, 9.17) is 5.73 Å². The quantitative estimate of drug-likeness (QED) is 0.767. The molecular weight excluding hydrogens is 343 g/mol. The molecule has 3 rings (SSSR count). The third-order valence-corrected chi connectivity index (χ3v) is 4.92. The highest BCUT2D eigenvalue weighted by atomic mass is 19.1. The van der Waals surface area contributed by atoms with Crippen LogP contribution in [-0.4, -0.2) is 43.5 Å². The molecule has 2 aromatic rings. The summed E-state index contributed by atoms with van der Waals surface area (Å²) in [5.41, 5.74) is 9.88. The number of carbonyl (C=O) groups is 1. The van der Waals surface area contributed by atoms with Crippen molar-refractivity contribution in [2.24, 2.45) is 0 Å². The third kappa shape index (κ3) is 5.44. The molecule has 0 bridgehead atoms. The van der Waals surface area contributed by atoms with E-state index in [9.17, 15) is 9.18 Å². The number of hydrogen-bond acceptors (Lipinski definition) is 4. The standard InChI is InChI=1S/C21H27FN4O/c1-16(27)24-9-8-17-2-4-18(5-3-17)15-25-10-12-26(13-11-25)21-7-6-19(22)14-20(21)23/h2-7,14H,8-13,15,23H2,1H3,(H,24,27). The number of nitrogen functional groups attached to an aromatic ring is 1. The van der Waals surface area contributed by atoms with Crippen LogP contribution in [0.5, 0.6) is 0 Å². The molecule has 1 aliphatic heterocycles. The Morgan fingerprint density at radius 1 is 1.07 bits per heavy atom. The first-order valence-corrected chi connectivity index (χ1v) is 9.36. The number of halogens is 1. The van der Waals surface area contributed by atoms with E-state index in [-0.39, 0.29) is 11.7 Å². The summed E-state index contributed by atoms with van der Waals surface area (Å²) in [6, 6.07) is 13.2. The molecule has 0 unspecified atom stereocenters. The average molecular weight is 370 g/mol. The molecule has 5 nitrogen and oxygen atoms in total. The van der Waals surface area contributed by atoms with E-state index in [1.807, 2.05) is 0 Å². The molecule has 1 saturated heterocycles. The zero-order valence-corrected chi connectivity index (χ0v) is 15.7. The van der Waals surface area contributed by atoms with E-state index < -0.39 is 0 Å². The maximum absolute atomic E-state index is 13.2. The summed E-state index contributed by atoms with van der Waals surface area (Å²) in [5, 5.41) is 2.82. The second-order valence-corrected chi connectivity index (χ2v) is 7.02. The van der Waals surface area contributed by atoms with E-state index in [0.717, 1.165) is 44.8 Å².